The number of para-hydroxylation sites is 1. The first-order chi connectivity index (χ1) is 15.3. The van der Waals surface area contributed by atoms with Gasteiger partial charge in [-0.3, -0.25) is 9.59 Å². The Labute approximate surface area is 189 Å². The second kappa shape index (κ2) is 8.93. The molecule has 2 aromatic carbocycles. The first kappa shape index (κ1) is 22.3. The van der Waals surface area contributed by atoms with E-state index in [9.17, 15) is 18.0 Å². The molecule has 1 saturated carbocycles. The molecule has 4 rings (SSSR count). The van der Waals surface area contributed by atoms with Crippen LogP contribution >= 0.6 is 11.8 Å². The first-order valence-electron chi connectivity index (χ1n) is 10.1. The number of primary sulfonamides is 1. The Hall–Kier alpha value is -2.89. The minimum absolute atomic E-state index is 0.0128. The van der Waals surface area contributed by atoms with Crippen LogP contribution in [-0.2, 0) is 21.4 Å². The highest BCUT2D eigenvalue weighted by atomic mass is 32.2. The number of nitrogens with two attached hydrogens (primary N) is 1. The number of carbonyl (C=O) groups excluding carboxylic acids is 2. The number of benzene rings is 2. The highest BCUT2D eigenvalue weighted by Crippen LogP contribution is 2.26. The number of anilines is 1. The maximum atomic E-state index is 12.6. The van der Waals surface area contributed by atoms with Crippen molar-refractivity contribution in [3.63, 3.8) is 0 Å². The molecule has 4 N–H and O–H groups in total. The quantitative estimate of drug-likeness (QED) is 0.430. The lowest BCUT2D eigenvalue weighted by atomic mass is 10.1. The Kier molecular flexibility index (Phi) is 6.22. The van der Waals surface area contributed by atoms with Crippen molar-refractivity contribution in [2.75, 3.05) is 11.1 Å². The van der Waals surface area contributed by atoms with Crippen LogP contribution in [0.2, 0.25) is 0 Å². The van der Waals surface area contributed by atoms with Crippen LogP contribution < -0.4 is 15.8 Å². The fourth-order valence-corrected chi connectivity index (χ4v) is 4.69. The van der Waals surface area contributed by atoms with E-state index in [2.05, 4.69) is 15.6 Å². The topological polar surface area (TPSA) is 136 Å². The number of sulfonamides is 1. The van der Waals surface area contributed by atoms with Crippen LogP contribution in [0.1, 0.15) is 30.1 Å². The molecule has 0 spiro atoms. The van der Waals surface area contributed by atoms with Crippen LogP contribution in [-0.4, -0.2) is 41.6 Å². The maximum Gasteiger partial charge on any atom is 0.253 e. The van der Waals surface area contributed by atoms with E-state index < -0.39 is 10.0 Å². The predicted molar refractivity (Wildman–Crippen MR) is 123 cm³/mol. The third-order valence-electron chi connectivity index (χ3n) is 5.02. The Bertz CT molecular complexity index is 1300. The van der Waals surface area contributed by atoms with Gasteiger partial charge in [0.2, 0.25) is 15.9 Å². The number of aryl methyl sites for hydroxylation is 1. The van der Waals surface area contributed by atoms with Gasteiger partial charge < -0.3 is 15.2 Å². The van der Waals surface area contributed by atoms with Gasteiger partial charge in [-0.1, -0.05) is 23.9 Å². The highest BCUT2D eigenvalue weighted by Gasteiger charge is 2.25. The number of hydrogen-bond acceptors (Lipinski definition) is 6. The number of hydrogen-bond donors (Lipinski definition) is 3. The lowest BCUT2D eigenvalue weighted by molar-refractivity contribution is -0.113. The minimum atomic E-state index is -3.83. The molecule has 1 aliphatic carbocycles. The Morgan fingerprint density at radius 3 is 2.66 bits per heavy atom. The summed E-state index contributed by atoms with van der Waals surface area (Å²) in [4.78, 5) is 29.5. The molecule has 1 fully saturated rings. The number of thioether (sulfide) groups is 1. The summed E-state index contributed by atoms with van der Waals surface area (Å²) >= 11 is 1.23. The van der Waals surface area contributed by atoms with Crippen LogP contribution in [0.15, 0.2) is 52.5 Å². The van der Waals surface area contributed by atoms with Gasteiger partial charge in [-0.15, -0.1) is 0 Å². The van der Waals surface area contributed by atoms with Gasteiger partial charge >= 0.3 is 0 Å². The summed E-state index contributed by atoms with van der Waals surface area (Å²) in [6.07, 6.45) is 1.96. The number of nitrogens with one attached hydrogen (secondary N) is 2. The summed E-state index contributed by atoms with van der Waals surface area (Å²) in [5.41, 5.74) is 2.13. The van der Waals surface area contributed by atoms with Crippen molar-refractivity contribution < 1.29 is 18.0 Å². The van der Waals surface area contributed by atoms with Gasteiger partial charge in [0.05, 0.1) is 32.9 Å². The SMILES string of the molecule is CCn1c(SCC(=O)Nc2ccccc2C(=O)NC2CC2)nc2cc(S(N)(=O)=O)ccc21. The summed E-state index contributed by atoms with van der Waals surface area (Å²) in [7, 11) is -3.83. The van der Waals surface area contributed by atoms with Crippen molar-refractivity contribution in [1.82, 2.24) is 14.9 Å². The van der Waals surface area contributed by atoms with Gasteiger partial charge in [0.25, 0.3) is 5.91 Å². The van der Waals surface area contributed by atoms with Crippen LogP contribution in [0.3, 0.4) is 0 Å². The number of nitrogens with zero attached hydrogens (tertiary/aromatic N) is 2. The maximum absolute atomic E-state index is 12.6. The van der Waals surface area contributed by atoms with E-state index in [0.29, 0.717) is 28.5 Å². The monoisotopic (exact) mass is 473 g/mol. The smallest absolute Gasteiger partial charge is 0.253 e. The summed E-state index contributed by atoms with van der Waals surface area (Å²) in [5.74, 6) is -0.402. The third-order valence-corrected chi connectivity index (χ3v) is 6.91. The van der Waals surface area contributed by atoms with Crippen LogP contribution in [0.4, 0.5) is 5.69 Å². The molecule has 0 unspecified atom stereocenters. The normalized spacial score (nSPS) is 13.8. The van der Waals surface area contributed by atoms with E-state index >= 15 is 0 Å². The van der Waals surface area contributed by atoms with Gasteiger partial charge in [0.1, 0.15) is 0 Å². The van der Waals surface area contributed by atoms with Gasteiger partial charge in [-0.05, 0) is 50.1 Å². The molecule has 0 saturated heterocycles. The molecule has 2 amide bonds. The molecule has 1 heterocycles. The van der Waals surface area contributed by atoms with Gasteiger partial charge in [-0.25, -0.2) is 18.5 Å². The van der Waals surface area contributed by atoms with Crippen molar-refractivity contribution in [3.05, 3.63) is 48.0 Å². The largest absolute Gasteiger partial charge is 0.349 e. The van der Waals surface area contributed by atoms with Gasteiger partial charge in [0.15, 0.2) is 5.16 Å². The molecule has 0 aliphatic heterocycles. The summed E-state index contributed by atoms with van der Waals surface area (Å²) in [6.45, 7) is 2.53. The predicted octanol–water partition coefficient (Wildman–Crippen LogP) is 2.33. The average Bonchev–Trinajstić information content (AvgIpc) is 3.49. The molecule has 168 valence electrons. The molecule has 0 atom stereocenters. The standard InChI is InChI=1S/C21H23N5O4S2/c1-2-26-18-10-9-14(32(22,29)30)11-17(18)25-21(26)31-12-19(27)24-16-6-4-3-5-15(16)20(28)23-13-7-8-13/h3-6,9-11,13H,2,7-8,12H2,1H3,(H,23,28)(H,24,27)(H2,22,29,30). The molecule has 1 aliphatic rings. The van der Waals surface area contributed by atoms with Crippen molar-refractivity contribution in [3.8, 4) is 0 Å². The number of imidazole rings is 1. The molecule has 11 heteroatoms. The molecular weight excluding hydrogens is 450 g/mol. The van der Waals surface area contributed by atoms with Crippen LogP contribution in [0.25, 0.3) is 11.0 Å². The Morgan fingerprint density at radius 2 is 1.97 bits per heavy atom. The zero-order valence-electron chi connectivity index (χ0n) is 17.4. The molecule has 32 heavy (non-hydrogen) atoms. The van der Waals surface area contributed by atoms with E-state index in [4.69, 9.17) is 5.14 Å². The molecule has 0 bridgehead atoms. The fourth-order valence-electron chi connectivity index (χ4n) is 3.28. The van der Waals surface area contributed by atoms with E-state index in [1.165, 1.54) is 23.9 Å². The van der Waals surface area contributed by atoms with Crippen molar-refractivity contribution in [2.45, 2.75) is 42.4 Å². The molecule has 3 aromatic rings. The van der Waals surface area contributed by atoms with E-state index in [1.54, 1.807) is 30.3 Å². The molecular formula is C21H23N5O4S2. The first-order valence-corrected chi connectivity index (χ1v) is 12.6. The van der Waals surface area contributed by atoms with Crippen molar-refractivity contribution in [2.24, 2.45) is 5.14 Å². The molecule has 9 nitrogen and oxygen atoms in total. The minimum Gasteiger partial charge on any atom is -0.349 e. The summed E-state index contributed by atoms with van der Waals surface area (Å²) < 4.78 is 25.1. The number of aromatic nitrogens is 2. The number of rotatable bonds is 8. The Morgan fingerprint density at radius 1 is 1.22 bits per heavy atom. The molecule has 1 aromatic heterocycles. The van der Waals surface area contributed by atoms with Gasteiger partial charge in [0, 0.05) is 12.6 Å². The third kappa shape index (κ3) is 4.95. The fraction of sp³-hybridized carbons (Fsp3) is 0.286. The zero-order chi connectivity index (χ0) is 22.9. The van der Waals surface area contributed by atoms with Crippen LogP contribution in [0.5, 0.6) is 0 Å². The number of carbonyl (C=O) groups is 2. The number of amides is 2. The summed E-state index contributed by atoms with van der Waals surface area (Å²) in [6, 6.07) is 11.6. The van der Waals surface area contributed by atoms with Crippen LogP contribution in [0, 0.1) is 0 Å². The zero-order valence-corrected chi connectivity index (χ0v) is 19.0. The van der Waals surface area contributed by atoms with E-state index in [1.807, 2.05) is 11.5 Å². The highest BCUT2D eigenvalue weighted by molar-refractivity contribution is 7.99. The summed E-state index contributed by atoms with van der Waals surface area (Å²) in [5, 5.41) is 11.5. The lowest BCUT2D eigenvalue weighted by Crippen LogP contribution is -2.27. The van der Waals surface area contributed by atoms with E-state index in [-0.39, 0.29) is 28.5 Å². The Balaban J connectivity index is 1.48. The number of fused-ring (bicyclic) bond motifs is 1. The van der Waals surface area contributed by atoms with Crippen molar-refractivity contribution >= 4 is 50.3 Å². The lowest BCUT2D eigenvalue weighted by Gasteiger charge is -2.11. The van der Waals surface area contributed by atoms with Gasteiger partial charge in [-0.2, -0.15) is 0 Å². The second-order valence-electron chi connectivity index (χ2n) is 7.46. The second-order valence-corrected chi connectivity index (χ2v) is 9.97. The van der Waals surface area contributed by atoms with Crippen molar-refractivity contribution in [1.29, 1.82) is 0 Å². The van der Waals surface area contributed by atoms with E-state index in [0.717, 1.165) is 18.4 Å². The molecule has 0 radical (unpaired) electrons. The average molecular weight is 474 g/mol.